The van der Waals surface area contributed by atoms with Gasteiger partial charge in [0.25, 0.3) is 0 Å². The van der Waals surface area contributed by atoms with Crippen molar-refractivity contribution in [3.8, 4) is 61.7 Å². The van der Waals surface area contributed by atoms with E-state index in [0.717, 1.165) is 28.3 Å². The zero-order valence-electron chi connectivity index (χ0n) is 31.1. The van der Waals surface area contributed by atoms with Gasteiger partial charge in [0.1, 0.15) is 11.5 Å². The molecule has 0 saturated carbocycles. The van der Waals surface area contributed by atoms with Gasteiger partial charge in [0.05, 0.1) is 16.4 Å². The normalized spacial score (nSPS) is 14.9. The molecule has 1 atom stereocenters. The van der Waals surface area contributed by atoms with Crippen LogP contribution in [0.1, 0.15) is 22.3 Å². The molecule has 1 spiro atoms. The number of rotatable bonds is 4. The molecular formula is C55H35NO. The second kappa shape index (κ2) is 12.3. The van der Waals surface area contributed by atoms with Crippen LogP contribution < -0.4 is 4.74 Å². The third-order valence-corrected chi connectivity index (χ3v) is 12.2. The van der Waals surface area contributed by atoms with E-state index in [-0.39, 0.29) is 0 Å². The smallest absolute Gasteiger partial charge is 0.132 e. The Hall–Kier alpha value is -7.42. The Kier molecular flexibility index (Phi) is 6.88. The van der Waals surface area contributed by atoms with Crippen molar-refractivity contribution in [1.29, 1.82) is 0 Å². The first kappa shape index (κ1) is 31.9. The molecule has 1 aliphatic carbocycles. The van der Waals surface area contributed by atoms with E-state index >= 15 is 0 Å². The second-order valence-corrected chi connectivity index (χ2v) is 15.2. The summed E-state index contributed by atoms with van der Waals surface area (Å²) in [6.07, 6.45) is 0. The summed E-state index contributed by atoms with van der Waals surface area (Å²) in [7, 11) is 0. The first-order valence-corrected chi connectivity index (χ1v) is 19.7. The van der Waals surface area contributed by atoms with Crippen LogP contribution in [0.15, 0.2) is 212 Å². The Balaban J connectivity index is 1.20. The molecule has 2 heteroatoms. The van der Waals surface area contributed by atoms with Gasteiger partial charge in [-0.1, -0.05) is 158 Å². The van der Waals surface area contributed by atoms with Gasteiger partial charge in [0, 0.05) is 27.6 Å². The van der Waals surface area contributed by atoms with Gasteiger partial charge < -0.3 is 9.30 Å². The van der Waals surface area contributed by atoms with Gasteiger partial charge in [-0.25, -0.2) is 0 Å². The maximum Gasteiger partial charge on any atom is 0.132 e. The molecule has 2 heterocycles. The Morgan fingerprint density at radius 3 is 1.61 bits per heavy atom. The SMILES string of the molecule is c1ccc(-c2cc(-c3ccccc3)cc(-n3c4ccccc4c4cc5c(cc43)C3(c4ccccc4Oc4ccc(-c6ccccc6)cc43)c3ccccc3-5)c2)cc1. The number of aromatic nitrogens is 1. The third kappa shape index (κ3) is 4.65. The van der Waals surface area contributed by atoms with Crippen LogP contribution in [0.25, 0.3) is 72.0 Å². The molecule has 1 unspecified atom stereocenters. The fourth-order valence-corrected chi connectivity index (χ4v) is 9.78. The molecule has 12 rings (SSSR count). The Labute approximate surface area is 331 Å². The second-order valence-electron chi connectivity index (χ2n) is 15.2. The summed E-state index contributed by atoms with van der Waals surface area (Å²) in [6, 6.07) is 77.5. The van der Waals surface area contributed by atoms with Crippen molar-refractivity contribution in [2.75, 3.05) is 0 Å². The summed E-state index contributed by atoms with van der Waals surface area (Å²) in [4.78, 5) is 0. The number of hydrogen-bond donors (Lipinski definition) is 0. The van der Waals surface area contributed by atoms with Gasteiger partial charge in [-0.2, -0.15) is 0 Å². The summed E-state index contributed by atoms with van der Waals surface area (Å²) < 4.78 is 9.31. The lowest BCUT2D eigenvalue weighted by Gasteiger charge is -2.39. The van der Waals surface area contributed by atoms with Crippen LogP contribution >= 0.6 is 0 Å². The standard InChI is InChI=1S/C55H35NO/c1-4-16-36(17-5-1)39-28-29-54-50(33-39)55(48-25-13-15-27-53(48)57-54)47-24-12-10-22-43(47)45-34-46-44-23-11-14-26-51(44)56(52(46)35-49(45)55)42-31-40(37-18-6-2-7-19-37)30-41(32-42)38-20-8-3-9-21-38/h1-35H. The van der Waals surface area contributed by atoms with E-state index in [9.17, 15) is 0 Å². The van der Waals surface area contributed by atoms with Crippen molar-refractivity contribution in [3.63, 3.8) is 0 Å². The van der Waals surface area contributed by atoms with Crippen LogP contribution in [0.2, 0.25) is 0 Å². The lowest BCUT2D eigenvalue weighted by atomic mass is 9.65. The number of hydrogen-bond acceptors (Lipinski definition) is 1. The maximum absolute atomic E-state index is 6.82. The largest absolute Gasteiger partial charge is 0.457 e. The van der Waals surface area contributed by atoms with Crippen molar-refractivity contribution >= 4 is 21.8 Å². The topological polar surface area (TPSA) is 14.2 Å². The summed E-state index contributed by atoms with van der Waals surface area (Å²) in [6.45, 7) is 0. The summed E-state index contributed by atoms with van der Waals surface area (Å²) in [5.74, 6) is 1.78. The van der Waals surface area contributed by atoms with Gasteiger partial charge >= 0.3 is 0 Å². The molecule has 2 aliphatic rings. The van der Waals surface area contributed by atoms with Crippen LogP contribution in [0.5, 0.6) is 11.5 Å². The summed E-state index contributed by atoms with van der Waals surface area (Å²) in [5, 5.41) is 2.47. The molecular weight excluding hydrogens is 691 g/mol. The zero-order chi connectivity index (χ0) is 37.5. The highest BCUT2D eigenvalue weighted by atomic mass is 16.5. The van der Waals surface area contributed by atoms with Crippen molar-refractivity contribution < 1.29 is 4.74 Å². The Morgan fingerprint density at radius 1 is 0.316 bits per heavy atom. The first-order valence-electron chi connectivity index (χ1n) is 19.7. The number of para-hydroxylation sites is 2. The number of nitrogens with zero attached hydrogens (tertiary/aromatic N) is 1. The monoisotopic (exact) mass is 725 g/mol. The van der Waals surface area contributed by atoms with E-state index in [4.69, 9.17) is 4.74 Å². The van der Waals surface area contributed by atoms with Crippen molar-refractivity contribution in [2.45, 2.75) is 5.41 Å². The zero-order valence-corrected chi connectivity index (χ0v) is 31.1. The quantitative estimate of drug-likeness (QED) is 0.176. The summed E-state index contributed by atoms with van der Waals surface area (Å²) in [5.41, 5.74) is 17.4. The number of fused-ring (bicyclic) bond motifs is 12. The highest BCUT2D eigenvalue weighted by molar-refractivity contribution is 6.12. The molecule has 10 aromatic rings. The first-order chi connectivity index (χ1) is 28.3. The molecule has 0 bridgehead atoms. The van der Waals surface area contributed by atoms with Crippen LogP contribution in [-0.4, -0.2) is 4.57 Å². The predicted molar refractivity (Wildman–Crippen MR) is 234 cm³/mol. The minimum absolute atomic E-state index is 0.614. The van der Waals surface area contributed by atoms with Gasteiger partial charge in [-0.15, -0.1) is 0 Å². The lowest BCUT2D eigenvalue weighted by Crippen LogP contribution is -2.32. The van der Waals surface area contributed by atoms with E-state index < -0.39 is 5.41 Å². The van der Waals surface area contributed by atoms with Crippen LogP contribution in [0.4, 0.5) is 0 Å². The predicted octanol–water partition coefficient (Wildman–Crippen LogP) is 14.3. The van der Waals surface area contributed by atoms with Gasteiger partial charge in [0.15, 0.2) is 0 Å². The molecule has 9 aromatic carbocycles. The average Bonchev–Trinajstić information content (AvgIpc) is 3.76. The lowest BCUT2D eigenvalue weighted by molar-refractivity contribution is 0.436. The molecule has 266 valence electrons. The van der Waals surface area contributed by atoms with Gasteiger partial charge in [-0.05, 0) is 110 Å². The average molecular weight is 726 g/mol. The van der Waals surface area contributed by atoms with Crippen LogP contribution in [0.3, 0.4) is 0 Å². The minimum atomic E-state index is -0.614. The maximum atomic E-state index is 6.82. The van der Waals surface area contributed by atoms with Crippen molar-refractivity contribution in [3.05, 3.63) is 235 Å². The Bertz CT molecular complexity index is 3140. The third-order valence-electron chi connectivity index (χ3n) is 12.2. The van der Waals surface area contributed by atoms with Crippen LogP contribution in [-0.2, 0) is 5.41 Å². The Morgan fingerprint density at radius 2 is 0.895 bits per heavy atom. The molecule has 0 radical (unpaired) electrons. The summed E-state index contributed by atoms with van der Waals surface area (Å²) >= 11 is 0. The van der Waals surface area contributed by atoms with Gasteiger partial charge in [0.2, 0.25) is 0 Å². The molecule has 57 heavy (non-hydrogen) atoms. The minimum Gasteiger partial charge on any atom is -0.457 e. The van der Waals surface area contributed by atoms with Crippen molar-refractivity contribution in [1.82, 2.24) is 4.57 Å². The fourth-order valence-electron chi connectivity index (χ4n) is 9.78. The molecule has 0 N–H and O–H groups in total. The number of benzene rings is 9. The highest BCUT2D eigenvalue weighted by Crippen LogP contribution is 2.63. The number of ether oxygens (including phenoxy) is 1. The van der Waals surface area contributed by atoms with Crippen molar-refractivity contribution in [2.24, 2.45) is 0 Å². The van der Waals surface area contributed by atoms with E-state index in [2.05, 4.69) is 217 Å². The molecule has 2 nitrogen and oxygen atoms in total. The molecule has 1 aromatic heterocycles. The fraction of sp³-hybridized carbons (Fsp3) is 0.0182. The van der Waals surface area contributed by atoms with E-state index in [1.54, 1.807) is 0 Å². The molecule has 1 aliphatic heterocycles. The molecule has 0 amide bonds. The van der Waals surface area contributed by atoms with E-state index in [0.29, 0.717) is 0 Å². The van der Waals surface area contributed by atoms with E-state index in [1.807, 2.05) is 0 Å². The molecule has 0 fully saturated rings. The van der Waals surface area contributed by atoms with Gasteiger partial charge in [-0.3, -0.25) is 0 Å². The molecule has 0 saturated heterocycles. The highest BCUT2D eigenvalue weighted by Gasteiger charge is 2.51. The van der Waals surface area contributed by atoms with Crippen LogP contribution in [0, 0.1) is 0 Å². The van der Waals surface area contributed by atoms with E-state index in [1.165, 1.54) is 77.4 Å².